The van der Waals surface area contributed by atoms with Gasteiger partial charge in [-0.05, 0) is 6.26 Å². The first-order chi connectivity index (χ1) is 9.67. The zero-order chi connectivity index (χ0) is 14.5. The van der Waals surface area contributed by atoms with Crippen LogP contribution >= 0.6 is 11.8 Å². The lowest BCUT2D eigenvalue weighted by Gasteiger charge is -2.10. The number of hydrogen-bond acceptors (Lipinski definition) is 7. The molecular formula is C12H17N5O2S. The summed E-state index contributed by atoms with van der Waals surface area (Å²) in [5.41, 5.74) is 8.33. The van der Waals surface area contributed by atoms with Gasteiger partial charge in [0.05, 0.1) is 24.4 Å². The fourth-order valence-corrected chi connectivity index (χ4v) is 2.34. The first-order valence-electron chi connectivity index (χ1n) is 6.04. The Hall–Kier alpha value is -1.64. The number of aromatic amines is 1. The maximum atomic E-state index is 9.83. The monoisotopic (exact) mass is 295 g/mol. The van der Waals surface area contributed by atoms with Crippen molar-refractivity contribution in [2.24, 2.45) is 4.99 Å². The fraction of sp³-hybridized carbons (Fsp3) is 0.417. The minimum absolute atomic E-state index is 0.263. The van der Waals surface area contributed by atoms with E-state index in [2.05, 4.69) is 19.9 Å². The summed E-state index contributed by atoms with van der Waals surface area (Å²) in [5, 5.41) is 19.1. The van der Waals surface area contributed by atoms with Crippen LogP contribution in [0.3, 0.4) is 0 Å². The normalized spacial score (nSPS) is 13.8. The summed E-state index contributed by atoms with van der Waals surface area (Å²) >= 11 is 1.50. The number of nitrogen functional groups attached to an aromatic ring is 1. The highest BCUT2D eigenvalue weighted by atomic mass is 32.2. The molecule has 0 unspecified atom stereocenters. The molecule has 0 saturated carbocycles. The number of thioether (sulfide) groups is 1. The molecule has 1 atom stereocenters. The number of nitrogens with zero attached hydrogens (tertiary/aromatic N) is 3. The van der Waals surface area contributed by atoms with Gasteiger partial charge in [-0.2, -0.15) is 11.8 Å². The van der Waals surface area contributed by atoms with Crippen LogP contribution in [0.5, 0.6) is 0 Å². The second kappa shape index (κ2) is 6.69. The molecule has 2 rings (SSSR count). The molecule has 0 aliphatic carbocycles. The number of nitrogens with two attached hydrogens (primary N) is 1. The van der Waals surface area contributed by atoms with Crippen molar-refractivity contribution in [3.05, 3.63) is 18.1 Å². The van der Waals surface area contributed by atoms with Gasteiger partial charge in [0.25, 0.3) is 0 Å². The van der Waals surface area contributed by atoms with Gasteiger partial charge in [0.15, 0.2) is 5.82 Å². The lowest BCUT2D eigenvalue weighted by Crippen LogP contribution is -2.26. The van der Waals surface area contributed by atoms with Gasteiger partial charge < -0.3 is 20.9 Å². The number of aliphatic hydroxyl groups is 2. The Morgan fingerprint density at radius 3 is 3.05 bits per heavy atom. The van der Waals surface area contributed by atoms with E-state index < -0.39 is 6.10 Å². The Morgan fingerprint density at radius 1 is 1.55 bits per heavy atom. The number of rotatable bonds is 6. The largest absolute Gasteiger partial charge is 0.390 e. The summed E-state index contributed by atoms with van der Waals surface area (Å²) in [6, 6.07) is 0. The molecule has 5 N–H and O–H groups in total. The van der Waals surface area contributed by atoms with E-state index in [1.807, 2.05) is 6.26 Å². The van der Waals surface area contributed by atoms with Crippen LogP contribution in [0.15, 0.2) is 17.5 Å². The summed E-state index contributed by atoms with van der Waals surface area (Å²) < 4.78 is 0. The van der Waals surface area contributed by atoms with Gasteiger partial charge in [-0.25, -0.2) is 9.97 Å². The smallest absolute Gasteiger partial charge is 0.151 e. The van der Waals surface area contributed by atoms with E-state index in [1.54, 1.807) is 6.20 Å². The van der Waals surface area contributed by atoms with E-state index in [1.165, 1.54) is 18.1 Å². The summed E-state index contributed by atoms with van der Waals surface area (Å²) in [5.74, 6) is 0.887. The van der Waals surface area contributed by atoms with Crippen LogP contribution < -0.4 is 5.73 Å². The van der Waals surface area contributed by atoms with E-state index in [9.17, 15) is 10.2 Å². The summed E-state index contributed by atoms with van der Waals surface area (Å²) in [7, 11) is 0. The standard InChI is InChI=1S/C12H17N5O2S/c1-20-5-9(19)8(4-18)14-2-7-3-15-11-10(7)16-6-17-12(11)13/h3,6,9,15,18-19H,2,4-5H2,1H3,(H2,13,16,17)/b14-8+/t9-/m1/s1. The van der Waals surface area contributed by atoms with Gasteiger partial charge in [0.2, 0.25) is 0 Å². The Labute approximate surface area is 120 Å². The number of fused-ring (bicyclic) bond motifs is 1. The predicted molar refractivity (Wildman–Crippen MR) is 80.9 cm³/mol. The fourth-order valence-electron chi connectivity index (χ4n) is 1.83. The third-order valence-corrected chi connectivity index (χ3v) is 3.54. The van der Waals surface area contributed by atoms with Gasteiger partial charge in [-0.15, -0.1) is 0 Å². The molecule has 0 aliphatic rings. The average molecular weight is 295 g/mol. The highest BCUT2D eigenvalue weighted by Crippen LogP contribution is 2.19. The Balaban J connectivity index is 2.21. The second-order valence-corrected chi connectivity index (χ2v) is 5.14. The molecule has 20 heavy (non-hydrogen) atoms. The van der Waals surface area contributed by atoms with Crippen molar-refractivity contribution in [3.8, 4) is 0 Å². The highest BCUT2D eigenvalue weighted by Gasteiger charge is 2.12. The van der Waals surface area contributed by atoms with Crippen molar-refractivity contribution in [1.82, 2.24) is 15.0 Å². The van der Waals surface area contributed by atoms with Crippen LogP contribution in [0.4, 0.5) is 5.82 Å². The highest BCUT2D eigenvalue weighted by molar-refractivity contribution is 7.98. The topological polar surface area (TPSA) is 120 Å². The van der Waals surface area contributed by atoms with Gasteiger partial charge in [-0.3, -0.25) is 4.99 Å². The number of nitrogens with one attached hydrogen (secondary N) is 1. The molecule has 2 aromatic rings. The van der Waals surface area contributed by atoms with Crippen LogP contribution in [-0.4, -0.2) is 55.6 Å². The van der Waals surface area contributed by atoms with Gasteiger partial charge in [0, 0.05) is 17.5 Å². The number of hydrogen-bond donors (Lipinski definition) is 4. The maximum absolute atomic E-state index is 9.83. The first kappa shape index (κ1) is 14.8. The first-order valence-corrected chi connectivity index (χ1v) is 7.44. The second-order valence-electron chi connectivity index (χ2n) is 4.23. The Morgan fingerprint density at radius 2 is 2.35 bits per heavy atom. The molecule has 0 bridgehead atoms. The molecule has 2 aromatic heterocycles. The molecule has 7 nitrogen and oxygen atoms in total. The molecule has 108 valence electrons. The van der Waals surface area contributed by atoms with Crippen molar-refractivity contribution in [1.29, 1.82) is 0 Å². The molecule has 2 heterocycles. The average Bonchev–Trinajstić information content (AvgIpc) is 2.85. The van der Waals surface area contributed by atoms with Crippen molar-refractivity contribution >= 4 is 34.3 Å². The molecule has 0 spiro atoms. The lowest BCUT2D eigenvalue weighted by molar-refractivity contribution is 0.250. The van der Waals surface area contributed by atoms with E-state index in [0.29, 0.717) is 34.9 Å². The van der Waals surface area contributed by atoms with E-state index >= 15 is 0 Å². The molecule has 0 saturated heterocycles. The van der Waals surface area contributed by atoms with Gasteiger partial charge in [-0.1, -0.05) is 0 Å². The molecule has 0 fully saturated rings. The zero-order valence-electron chi connectivity index (χ0n) is 11.1. The molecule has 0 aromatic carbocycles. The minimum Gasteiger partial charge on any atom is -0.390 e. The lowest BCUT2D eigenvalue weighted by atomic mass is 10.2. The summed E-state index contributed by atoms with van der Waals surface area (Å²) in [4.78, 5) is 15.3. The minimum atomic E-state index is -0.736. The zero-order valence-corrected chi connectivity index (χ0v) is 11.9. The predicted octanol–water partition coefficient (Wildman–Crippen LogP) is 0.197. The maximum Gasteiger partial charge on any atom is 0.151 e. The van der Waals surface area contributed by atoms with E-state index in [4.69, 9.17) is 5.73 Å². The number of aromatic nitrogens is 3. The van der Waals surface area contributed by atoms with Crippen LogP contribution in [0, 0.1) is 0 Å². The Bertz CT molecular complexity index is 613. The van der Waals surface area contributed by atoms with Crippen LogP contribution in [0.1, 0.15) is 5.56 Å². The summed E-state index contributed by atoms with van der Waals surface area (Å²) in [6.07, 6.45) is 4.31. The number of H-pyrrole nitrogens is 1. The molecule has 0 radical (unpaired) electrons. The van der Waals surface area contributed by atoms with E-state index in [-0.39, 0.29) is 6.61 Å². The number of aliphatic hydroxyl groups excluding tert-OH is 2. The SMILES string of the molecule is CSC[C@@H](O)/C(CO)=N/Cc1c[nH]c2c(N)ncnc12. The third kappa shape index (κ3) is 3.09. The van der Waals surface area contributed by atoms with Gasteiger partial charge in [0.1, 0.15) is 17.9 Å². The number of aliphatic imine (C=N–C) groups is 1. The quantitative estimate of drug-likeness (QED) is 0.565. The molecule has 0 aliphatic heterocycles. The molecular weight excluding hydrogens is 278 g/mol. The third-order valence-electron chi connectivity index (χ3n) is 2.90. The van der Waals surface area contributed by atoms with Crippen LogP contribution in [0.2, 0.25) is 0 Å². The molecule has 8 heteroatoms. The summed E-state index contributed by atoms with van der Waals surface area (Å²) in [6.45, 7) is 0.0546. The van der Waals surface area contributed by atoms with Crippen molar-refractivity contribution in [3.63, 3.8) is 0 Å². The van der Waals surface area contributed by atoms with Gasteiger partial charge >= 0.3 is 0 Å². The van der Waals surface area contributed by atoms with Crippen molar-refractivity contribution in [2.75, 3.05) is 24.3 Å². The van der Waals surface area contributed by atoms with Crippen LogP contribution in [0.25, 0.3) is 11.0 Å². The van der Waals surface area contributed by atoms with Crippen LogP contribution in [-0.2, 0) is 6.54 Å². The Kier molecular flexibility index (Phi) is 4.94. The molecule has 0 amide bonds. The van der Waals surface area contributed by atoms with Crippen molar-refractivity contribution in [2.45, 2.75) is 12.6 Å². The number of anilines is 1. The van der Waals surface area contributed by atoms with Crippen molar-refractivity contribution < 1.29 is 10.2 Å². The van der Waals surface area contributed by atoms with E-state index in [0.717, 1.165) is 5.56 Å².